The second kappa shape index (κ2) is 13.6. The first kappa shape index (κ1) is 28.9. The number of carbonyl (C=O) groups excluding carboxylic acids is 1. The molecule has 0 radical (unpaired) electrons. The minimum absolute atomic E-state index is 0. The Morgan fingerprint density at radius 3 is 2.18 bits per heavy atom. The number of hydrogen-bond acceptors (Lipinski definition) is 4. The third kappa shape index (κ3) is 6.64. The van der Waals surface area contributed by atoms with Gasteiger partial charge in [0.25, 0.3) is 0 Å². The molecule has 0 bridgehead atoms. The molecule has 188 valence electrons. The molecule has 1 saturated heterocycles. The molecule has 6 heteroatoms. The standard InChI is InChI=1S/C28H38N2O2.2BrH/c1-28(24-13-7-4-8-14-24,27(31)23-11-5-3-6-12-23)17-18-29-19-21-30(22-20-29)25-15-9-10-16-26(25)32-2;;/h4,7-10,13-16,23H,3,5-6,11-12,17-22H2,1-2H3;2*1H. The molecule has 34 heavy (non-hydrogen) atoms. The number of para-hydroxylation sites is 2. The first-order chi connectivity index (χ1) is 15.6. The van der Waals surface area contributed by atoms with Crippen LogP contribution in [0.5, 0.6) is 5.75 Å². The van der Waals surface area contributed by atoms with Gasteiger partial charge in [-0.15, -0.1) is 34.0 Å². The Labute approximate surface area is 226 Å². The minimum atomic E-state index is -0.400. The number of ether oxygens (including phenoxy) is 1. The Morgan fingerprint density at radius 2 is 1.53 bits per heavy atom. The van der Waals surface area contributed by atoms with Crippen molar-refractivity contribution in [2.24, 2.45) is 5.92 Å². The number of methoxy groups -OCH3 is 1. The van der Waals surface area contributed by atoms with E-state index in [-0.39, 0.29) is 39.9 Å². The Morgan fingerprint density at radius 1 is 0.912 bits per heavy atom. The largest absolute Gasteiger partial charge is 0.495 e. The highest BCUT2D eigenvalue weighted by Crippen LogP contribution is 2.37. The third-order valence-electron chi connectivity index (χ3n) is 7.66. The molecule has 4 nitrogen and oxygen atoms in total. The number of anilines is 1. The van der Waals surface area contributed by atoms with E-state index in [4.69, 9.17) is 4.74 Å². The maximum absolute atomic E-state index is 13.8. The van der Waals surface area contributed by atoms with E-state index in [0.29, 0.717) is 5.78 Å². The summed E-state index contributed by atoms with van der Waals surface area (Å²) in [7, 11) is 1.74. The van der Waals surface area contributed by atoms with Gasteiger partial charge in [0, 0.05) is 32.1 Å². The highest BCUT2D eigenvalue weighted by atomic mass is 79.9. The van der Waals surface area contributed by atoms with E-state index in [1.807, 2.05) is 18.2 Å². The molecule has 2 aromatic carbocycles. The summed E-state index contributed by atoms with van der Waals surface area (Å²) in [5, 5.41) is 0. The SMILES string of the molecule is Br.Br.COc1ccccc1N1CCN(CCC(C)(C(=O)C2CCCCC2)c2ccccc2)CC1. The van der Waals surface area contributed by atoms with Gasteiger partial charge in [-0.2, -0.15) is 0 Å². The lowest BCUT2D eigenvalue weighted by Gasteiger charge is -2.39. The number of benzene rings is 2. The van der Waals surface area contributed by atoms with Crippen molar-refractivity contribution >= 4 is 45.4 Å². The molecule has 0 N–H and O–H groups in total. The van der Waals surface area contributed by atoms with Gasteiger partial charge < -0.3 is 9.64 Å². The number of halogens is 2. The van der Waals surface area contributed by atoms with Crippen molar-refractivity contribution in [1.29, 1.82) is 0 Å². The third-order valence-corrected chi connectivity index (χ3v) is 7.66. The van der Waals surface area contributed by atoms with E-state index in [0.717, 1.165) is 57.7 Å². The predicted molar refractivity (Wildman–Crippen MR) is 152 cm³/mol. The molecule has 2 aromatic rings. The quantitative estimate of drug-likeness (QED) is 0.350. The minimum Gasteiger partial charge on any atom is -0.495 e. The summed E-state index contributed by atoms with van der Waals surface area (Å²) >= 11 is 0. The van der Waals surface area contributed by atoms with Crippen LogP contribution in [0.15, 0.2) is 54.6 Å². The number of piperazine rings is 1. The zero-order chi connectivity index (χ0) is 22.4. The van der Waals surface area contributed by atoms with Crippen molar-refractivity contribution in [2.75, 3.05) is 44.7 Å². The smallest absolute Gasteiger partial charge is 0.146 e. The summed E-state index contributed by atoms with van der Waals surface area (Å²) < 4.78 is 5.56. The molecular weight excluding hydrogens is 556 g/mol. The number of hydrogen-bond donors (Lipinski definition) is 0. The summed E-state index contributed by atoms with van der Waals surface area (Å²) in [6.45, 7) is 7.16. The van der Waals surface area contributed by atoms with E-state index >= 15 is 0 Å². The fraction of sp³-hybridized carbons (Fsp3) is 0.536. The van der Waals surface area contributed by atoms with E-state index in [2.05, 4.69) is 53.1 Å². The van der Waals surface area contributed by atoms with Crippen molar-refractivity contribution in [2.45, 2.75) is 50.9 Å². The fourth-order valence-corrected chi connectivity index (χ4v) is 5.52. The summed E-state index contributed by atoms with van der Waals surface area (Å²) in [6.07, 6.45) is 6.71. The Bertz CT molecular complexity index is 881. The van der Waals surface area contributed by atoms with Crippen LogP contribution < -0.4 is 9.64 Å². The maximum Gasteiger partial charge on any atom is 0.146 e. The Hall–Kier alpha value is -1.37. The molecule has 0 aromatic heterocycles. The maximum atomic E-state index is 13.8. The van der Waals surface area contributed by atoms with E-state index in [9.17, 15) is 4.79 Å². The molecule has 0 spiro atoms. The zero-order valence-corrected chi connectivity index (χ0v) is 24.0. The molecule has 1 aliphatic carbocycles. The van der Waals surface area contributed by atoms with E-state index in [1.165, 1.54) is 30.5 Å². The molecule has 1 unspecified atom stereocenters. The predicted octanol–water partition coefficient (Wildman–Crippen LogP) is 6.47. The Balaban J connectivity index is 0.00000204. The van der Waals surface area contributed by atoms with Gasteiger partial charge in [0.1, 0.15) is 11.5 Å². The molecule has 1 aliphatic heterocycles. The number of nitrogens with zero attached hydrogens (tertiary/aromatic N) is 2. The van der Waals surface area contributed by atoms with Gasteiger partial charge in [0.05, 0.1) is 18.2 Å². The lowest BCUT2D eigenvalue weighted by atomic mass is 9.69. The zero-order valence-electron chi connectivity index (χ0n) is 20.6. The van der Waals surface area contributed by atoms with Crippen LogP contribution in [0.1, 0.15) is 51.0 Å². The number of ketones is 1. The molecular formula is C28H40Br2N2O2. The van der Waals surface area contributed by atoms with Crippen LogP contribution in [0.3, 0.4) is 0 Å². The topological polar surface area (TPSA) is 32.8 Å². The van der Waals surface area contributed by atoms with Crippen molar-refractivity contribution in [1.82, 2.24) is 4.90 Å². The van der Waals surface area contributed by atoms with Gasteiger partial charge in [0.2, 0.25) is 0 Å². The van der Waals surface area contributed by atoms with Crippen LogP contribution >= 0.6 is 34.0 Å². The van der Waals surface area contributed by atoms with Gasteiger partial charge in [-0.3, -0.25) is 9.69 Å². The van der Waals surface area contributed by atoms with Crippen molar-refractivity contribution in [3.63, 3.8) is 0 Å². The second-order valence-electron chi connectivity index (χ2n) is 9.65. The van der Waals surface area contributed by atoms with Gasteiger partial charge in [0.15, 0.2) is 0 Å². The van der Waals surface area contributed by atoms with Crippen molar-refractivity contribution in [3.05, 3.63) is 60.2 Å². The monoisotopic (exact) mass is 594 g/mol. The van der Waals surface area contributed by atoms with Crippen LogP contribution in [-0.2, 0) is 10.2 Å². The van der Waals surface area contributed by atoms with Gasteiger partial charge in [-0.25, -0.2) is 0 Å². The highest BCUT2D eigenvalue weighted by Gasteiger charge is 2.39. The average Bonchev–Trinajstić information content (AvgIpc) is 2.88. The van der Waals surface area contributed by atoms with Crippen molar-refractivity contribution in [3.8, 4) is 5.75 Å². The fourth-order valence-electron chi connectivity index (χ4n) is 5.52. The summed E-state index contributed by atoms with van der Waals surface area (Å²) in [6, 6.07) is 18.8. The van der Waals surface area contributed by atoms with Crippen LogP contribution in [0.2, 0.25) is 0 Å². The molecule has 2 aliphatic rings. The first-order valence-electron chi connectivity index (χ1n) is 12.3. The van der Waals surface area contributed by atoms with Crippen LogP contribution in [0.25, 0.3) is 0 Å². The van der Waals surface area contributed by atoms with E-state index < -0.39 is 5.41 Å². The van der Waals surface area contributed by atoms with Crippen LogP contribution in [-0.4, -0.2) is 50.5 Å². The molecule has 1 heterocycles. The molecule has 2 fully saturated rings. The van der Waals surface area contributed by atoms with E-state index in [1.54, 1.807) is 7.11 Å². The summed E-state index contributed by atoms with van der Waals surface area (Å²) in [5.74, 6) is 1.64. The molecule has 1 atom stereocenters. The molecule has 4 rings (SSSR count). The first-order valence-corrected chi connectivity index (χ1v) is 12.3. The van der Waals surface area contributed by atoms with Gasteiger partial charge in [-0.1, -0.05) is 61.7 Å². The Kier molecular flexibility index (Phi) is 11.6. The van der Waals surface area contributed by atoms with Crippen LogP contribution in [0.4, 0.5) is 5.69 Å². The number of carbonyl (C=O) groups is 1. The lowest BCUT2D eigenvalue weighted by molar-refractivity contribution is -0.129. The molecule has 0 amide bonds. The van der Waals surface area contributed by atoms with Crippen molar-refractivity contribution < 1.29 is 9.53 Å². The van der Waals surface area contributed by atoms with Gasteiger partial charge >= 0.3 is 0 Å². The highest BCUT2D eigenvalue weighted by molar-refractivity contribution is 8.93. The number of rotatable bonds is 8. The number of Topliss-reactive ketones (excluding diaryl/α,β-unsaturated/α-hetero) is 1. The summed E-state index contributed by atoms with van der Waals surface area (Å²) in [5.41, 5.74) is 1.96. The van der Waals surface area contributed by atoms with Gasteiger partial charge in [-0.05, 0) is 50.4 Å². The normalized spacial score (nSPS) is 18.8. The summed E-state index contributed by atoms with van der Waals surface area (Å²) in [4.78, 5) is 18.7. The van der Waals surface area contributed by atoms with Crippen LogP contribution in [0, 0.1) is 5.92 Å². The average molecular weight is 596 g/mol. The lowest BCUT2D eigenvalue weighted by Crippen LogP contribution is -2.48. The second-order valence-corrected chi connectivity index (χ2v) is 9.65. The molecule has 1 saturated carbocycles.